The van der Waals surface area contributed by atoms with E-state index in [1.807, 2.05) is 0 Å². The Morgan fingerprint density at radius 3 is 2.52 bits per heavy atom. The average molecular weight is 290 g/mol. The molecule has 0 aromatic heterocycles. The summed E-state index contributed by atoms with van der Waals surface area (Å²) in [6, 6.07) is 9.06. The van der Waals surface area contributed by atoms with Crippen LogP contribution in [0.1, 0.15) is 39.7 Å². The molecule has 1 N–H and O–H groups in total. The highest BCUT2D eigenvalue weighted by Crippen LogP contribution is 2.24. The van der Waals surface area contributed by atoms with Crippen LogP contribution in [0, 0.1) is 5.92 Å². The lowest BCUT2D eigenvalue weighted by molar-refractivity contribution is 0.0536. The molecule has 0 radical (unpaired) electrons. The van der Waals surface area contributed by atoms with Crippen LogP contribution in [0.3, 0.4) is 0 Å². The fraction of sp³-hybridized carbons (Fsp3) is 0.667. The van der Waals surface area contributed by atoms with Crippen LogP contribution in [0.15, 0.2) is 24.3 Å². The predicted octanol–water partition coefficient (Wildman–Crippen LogP) is 3.29. The number of nitrogens with zero attached hydrogens (tertiary/aromatic N) is 1. The molecule has 1 unspecified atom stereocenters. The number of benzene rings is 1. The molecule has 0 spiro atoms. The van der Waals surface area contributed by atoms with E-state index in [9.17, 15) is 0 Å². The summed E-state index contributed by atoms with van der Waals surface area (Å²) in [5, 5.41) is 3.71. The van der Waals surface area contributed by atoms with Crippen LogP contribution in [-0.4, -0.2) is 36.7 Å². The zero-order valence-corrected chi connectivity index (χ0v) is 14.1. The van der Waals surface area contributed by atoms with Gasteiger partial charge in [-0.05, 0) is 43.9 Å². The Morgan fingerprint density at radius 1 is 1.29 bits per heavy atom. The van der Waals surface area contributed by atoms with Gasteiger partial charge in [0.1, 0.15) is 5.75 Å². The molecular weight excluding hydrogens is 260 g/mol. The van der Waals surface area contributed by atoms with Crippen molar-refractivity contribution >= 4 is 0 Å². The zero-order chi connectivity index (χ0) is 15.5. The first-order valence-corrected chi connectivity index (χ1v) is 8.02. The summed E-state index contributed by atoms with van der Waals surface area (Å²) in [4.78, 5) is 2.61. The van der Waals surface area contributed by atoms with Crippen molar-refractivity contribution in [3.05, 3.63) is 29.8 Å². The second kappa shape index (κ2) is 6.80. The lowest BCUT2D eigenvalue weighted by Gasteiger charge is -2.46. The summed E-state index contributed by atoms with van der Waals surface area (Å²) in [5.74, 6) is 1.67. The Kier molecular flexibility index (Phi) is 5.28. The largest absolute Gasteiger partial charge is 0.497 e. The smallest absolute Gasteiger partial charge is 0.118 e. The van der Waals surface area contributed by atoms with E-state index in [0.717, 1.165) is 31.3 Å². The minimum absolute atomic E-state index is 0.202. The Bertz CT molecular complexity index is 439. The molecule has 1 saturated heterocycles. The Labute approximate surface area is 129 Å². The van der Waals surface area contributed by atoms with Gasteiger partial charge in [0.15, 0.2) is 0 Å². The molecule has 0 amide bonds. The summed E-state index contributed by atoms with van der Waals surface area (Å²) in [7, 11) is 1.71. The van der Waals surface area contributed by atoms with Crippen molar-refractivity contribution in [2.24, 2.45) is 5.92 Å². The molecule has 1 aromatic rings. The van der Waals surface area contributed by atoms with Crippen molar-refractivity contribution in [1.29, 1.82) is 0 Å². The Balaban J connectivity index is 2.03. The molecule has 1 aromatic carbocycles. The second-order valence-electron chi connectivity index (χ2n) is 7.25. The fourth-order valence-electron chi connectivity index (χ4n) is 3.04. The summed E-state index contributed by atoms with van der Waals surface area (Å²) >= 11 is 0. The number of nitrogens with one attached hydrogen (secondary N) is 1. The van der Waals surface area contributed by atoms with Gasteiger partial charge in [0.05, 0.1) is 7.11 Å². The molecule has 3 heteroatoms. The molecule has 2 rings (SSSR count). The highest BCUT2D eigenvalue weighted by molar-refractivity contribution is 5.27. The lowest BCUT2D eigenvalue weighted by Crippen LogP contribution is -2.61. The van der Waals surface area contributed by atoms with Crippen molar-refractivity contribution in [3.63, 3.8) is 0 Å². The van der Waals surface area contributed by atoms with E-state index >= 15 is 0 Å². The van der Waals surface area contributed by atoms with Gasteiger partial charge in [-0.3, -0.25) is 4.90 Å². The van der Waals surface area contributed by atoms with E-state index in [4.69, 9.17) is 4.74 Å². The van der Waals surface area contributed by atoms with E-state index in [-0.39, 0.29) is 5.54 Å². The molecule has 1 aliphatic heterocycles. The topological polar surface area (TPSA) is 24.5 Å². The number of piperazine rings is 1. The molecular formula is C18H30N2O. The number of rotatable bonds is 5. The van der Waals surface area contributed by atoms with Gasteiger partial charge >= 0.3 is 0 Å². The molecule has 118 valence electrons. The van der Waals surface area contributed by atoms with Crippen molar-refractivity contribution in [2.45, 2.75) is 52.2 Å². The molecule has 0 aliphatic carbocycles. The first-order valence-electron chi connectivity index (χ1n) is 8.02. The van der Waals surface area contributed by atoms with Gasteiger partial charge in [-0.1, -0.05) is 26.0 Å². The molecule has 3 nitrogen and oxygen atoms in total. The van der Waals surface area contributed by atoms with E-state index in [2.05, 4.69) is 62.2 Å². The van der Waals surface area contributed by atoms with Crippen LogP contribution < -0.4 is 10.1 Å². The predicted molar refractivity (Wildman–Crippen MR) is 88.7 cm³/mol. The van der Waals surface area contributed by atoms with Crippen LogP contribution in [0.4, 0.5) is 0 Å². The van der Waals surface area contributed by atoms with Gasteiger partial charge in [-0.15, -0.1) is 0 Å². The number of methoxy groups -OCH3 is 1. The summed E-state index contributed by atoms with van der Waals surface area (Å²) in [5.41, 5.74) is 1.56. The van der Waals surface area contributed by atoms with E-state index < -0.39 is 0 Å². The normalized spacial score (nSPS) is 22.5. The van der Waals surface area contributed by atoms with E-state index in [1.165, 1.54) is 12.0 Å². The molecule has 1 fully saturated rings. The van der Waals surface area contributed by atoms with Gasteiger partial charge in [0.2, 0.25) is 0 Å². The van der Waals surface area contributed by atoms with Crippen molar-refractivity contribution in [1.82, 2.24) is 10.2 Å². The molecule has 1 aliphatic rings. The molecule has 21 heavy (non-hydrogen) atoms. The van der Waals surface area contributed by atoms with Crippen LogP contribution in [-0.2, 0) is 6.54 Å². The molecule has 0 saturated carbocycles. The minimum atomic E-state index is 0.202. The first-order chi connectivity index (χ1) is 9.90. The first kappa shape index (κ1) is 16.3. The molecule has 0 bridgehead atoms. The summed E-state index contributed by atoms with van der Waals surface area (Å²) in [6.45, 7) is 12.4. The van der Waals surface area contributed by atoms with Crippen molar-refractivity contribution in [3.8, 4) is 5.75 Å². The van der Waals surface area contributed by atoms with Gasteiger partial charge in [-0.25, -0.2) is 0 Å². The third kappa shape index (κ3) is 4.45. The molecule has 1 heterocycles. The monoisotopic (exact) mass is 290 g/mol. The van der Waals surface area contributed by atoms with Gasteiger partial charge < -0.3 is 10.1 Å². The van der Waals surface area contributed by atoms with Crippen molar-refractivity contribution in [2.75, 3.05) is 20.2 Å². The van der Waals surface area contributed by atoms with Crippen LogP contribution in [0.5, 0.6) is 5.75 Å². The summed E-state index contributed by atoms with van der Waals surface area (Å²) < 4.78 is 5.24. The zero-order valence-electron chi connectivity index (χ0n) is 14.1. The average Bonchev–Trinajstić information content (AvgIpc) is 2.43. The van der Waals surface area contributed by atoms with Crippen LogP contribution in [0.25, 0.3) is 0 Å². The number of ether oxygens (including phenoxy) is 1. The van der Waals surface area contributed by atoms with Gasteiger partial charge in [-0.2, -0.15) is 0 Å². The third-order valence-electron chi connectivity index (χ3n) is 4.41. The minimum Gasteiger partial charge on any atom is -0.497 e. The van der Waals surface area contributed by atoms with E-state index in [1.54, 1.807) is 7.11 Å². The standard InChI is InChI=1S/C18H30N2O/c1-14(2)10-16-12-20(18(3,4)13-19-16)11-15-6-8-17(21-5)9-7-15/h6-9,14,16,19H,10-13H2,1-5H3. The Morgan fingerprint density at radius 2 is 1.95 bits per heavy atom. The quantitative estimate of drug-likeness (QED) is 0.900. The van der Waals surface area contributed by atoms with Crippen molar-refractivity contribution < 1.29 is 4.74 Å². The summed E-state index contributed by atoms with van der Waals surface area (Å²) in [6.07, 6.45) is 1.25. The highest BCUT2D eigenvalue weighted by atomic mass is 16.5. The molecule has 1 atom stereocenters. The highest BCUT2D eigenvalue weighted by Gasteiger charge is 2.33. The maximum Gasteiger partial charge on any atom is 0.118 e. The SMILES string of the molecule is COc1ccc(CN2CC(CC(C)C)NCC2(C)C)cc1. The lowest BCUT2D eigenvalue weighted by atomic mass is 9.93. The van der Waals surface area contributed by atoms with E-state index in [0.29, 0.717) is 6.04 Å². The van der Waals surface area contributed by atoms with Gasteiger partial charge in [0.25, 0.3) is 0 Å². The van der Waals surface area contributed by atoms with Gasteiger partial charge in [0, 0.05) is 31.2 Å². The maximum absolute atomic E-state index is 5.24. The van der Waals surface area contributed by atoms with Crippen LogP contribution in [0.2, 0.25) is 0 Å². The third-order valence-corrected chi connectivity index (χ3v) is 4.41. The maximum atomic E-state index is 5.24. The number of hydrogen-bond donors (Lipinski definition) is 1. The second-order valence-corrected chi connectivity index (χ2v) is 7.25. The van der Waals surface area contributed by atoms with Crippen LogP contribution >= 0.6 is 0 Å². The Hall–Kier alpha value is -1.06. The number of hydrogen-bond acceptors (Lipinski definition) is 3. The fourth-order valence-corrected chi connectivity index (χ4v) is 3.04.